The van der Waals surface area contributed by atoms with Crippen molar-refractivity contribution in [3.63, 3.8) is 0 Å². The highest BCUT2D eigenvalue weighted by Gasteiger charge is 2.24. The van der Waals surface area contributed by atoms with Gasteiger partial charge in [-0.15, -0.1) is 11.3 Å². The van der Waals surface area contributed by atoms with Gasteiger partial charge < -0.3 is 5.32 Å². The van der Waals surface area contributed by atoms with Crippen LogP contribution in [0.1, 0.15) is 28.8 Å². The first kappa shape index (κ1) is 23.4. The van der Waals surface area contributed by atoms with Crippen molar-refractivity contribution in [3.05, 3.63) is 110 Å². The molecule has 1 aliphatic rings. The number of nitrogens with zero attached hydrogens (tertiary/aromatic N) is 2. The van der Waals surface area contributed by atoms with Crippen LogP contribution in [-0.2, 0) is 37.1 Å². The zero-order valence-electron chi connectivity index (χ0n) is 20.4. The topological polar surface area (TPSA) is 73.1 Å². The minimum Gasteiger partial charge on any atom is -0.324 e. The Kier molecular flexibility index (Phi) is 6.22. The summed E-state index contributed by atoms with van der Waals surface area (Å²) in [5.74, 6) is -0.292. The van der Waals surface area contributed by atoms with Gasteiger partial charge in [-0.05, 0) is 54.7 Å². The highest BCUT2D eigenvalue weighted by molar-refractivity contribution is 7.18. The molecule has 1 aliphatic carbocycles. The number of thiophene rings is 1. The van der Waals surface area contributed by atoms with E-state index in [-0.39, 0.29) is 24.6 Å². The predicted octanol–water partition coefficient (Wildman–Crippen LogP) is 5.14. The summed E-state index contributed by atoms with van der Waals surface area (Å²) < 4.78 is 2.83. The van der Waals surface area contributed by atoms with Crippen LogP contribution in [0.2, 0.25) is 0 Å². The van der Waals surface area contributed by atoms with Crippen molar-refractivity contribution < 1.29 is 4.79 Å². The standard InChI is InChI=1S/C30H27N3O3S/c34-26(31-24-15-8-12-21-11-4-5-13-22(21)24)19-33-29-27(23-14-6-7-16-25(23)37-29)28(35)32(30(33)36)18-17-20-9-2-1-3-10-20/h1-5,8-13,15H,6-7,14,16-19H2,(H,31,34). The number of benzene rings is 3. The molecular formula is C30H27N3O3S. The second-order valence-corrected chi connectivity index (χ2v) is 10.6. The number of fused-ring (bicyclic) bond motifs is 4. The zero-order chi connectivity index (χ0) is 25.4. The Bertz CT molecular complexity index is 1740. The normalized spacial score (nSPS) is 13.1. The van der Waals surface area contributed by atoms with E-state index < -0.39 is 5.69 Å². The second-order valence-electron chi connectivity index (χ2n) is 9.53. The average molecular weight is 510 g/mol. The lowest BCUT2D eigenvalue weighted by atomic mass is 9.97. The molecule has 6 rings (SSSR count). The molecule has 1 amide bonds. The third-order valence-electron chi connectivity index (χ3n) is 7.15. The number of anilines is 1. The van der Waals surface area contributed by atoms with Gasteiger partial charge in [0.1, 0.15) is 11.4 Å². The van der Waals surface area contributed by atoms with Crippen LogP contribution < -0.4 is 16.6 Å². The average Bonchev–Trinajstić information content (AvgIpc) is 3.32. The summed E-state index contributed by atoms with van der Waals surface area (Å²) in [6, 6.07) is 23.5. The molecule has 0 saturated heterocycles. The fraction of sp³-hybridized carbons (Fsp3) is 0.233. The minimum absolute atomic E-state index is 0.149. The lowest BCUT2D eigenvalue weighted by molar-refractivity contribution is -0.116. The van der Waals surface area contributed by atoms with E-state index in [1.807, 2.05) is 72.8 Å². The van der Waals surface area contributed by atoms with Crippen LogP contribution in [0.5, 0.6) is 0 Å². The quantitative estimate of drug-likeness (QED) is 0.345. The van der Waals surface area contributed by atoms with Gasteiger partial charge in [0.25, 0.3) is 5.56 Å². The molecule has 0 radical (unpaired) electrons. The van der Waals surface area contributed by atoms with Crippen LogP contribution in [0.4, 0.5) is 5.69 Å². The second kappa shape index (κ2) is 9.82. The largest absolute Gasteiger partial charge is 0.332 e. The maximum Gasteiger partial charge on any atom is 0.332 e. The van der Waals surface area contributed by atoms with E-state index in [1.54, 1.807) is 0 Å². The van der Waals surface area contributed by atoms with Gasteiger partial charge in [-0.1, -0.05) is 66.7 Å². The highest BCUT2D eigenvalue weighted by atomic mass is 32.1. The molecule has 2 aromatic heterocycles. The first-order chi connectivity index (χ1) is 18.1. The Hall–Kier alpha value is -3.97. The molecule has 1 N–H and O–H groups in total. The molecule has 0 saturated carbocycles. The smallest absolute Gasteiger partial charge is 0.324 e. The van der Waals surface area contributed by atoms with Crippen LogP contribution >= 0.6 is 11.3 Å². The molecule has 0 bridgehead atoms. The molecule has 186 valence electrons. The van der Waals surface area contributed by atoms with Gasteiger partial charge in [-0.3, -0.25) is 18.7 Å². The molecule has 5 aromatic rings. The van der Waals surface area contributed by atoms with Crippen LogP contribution in [0.3, 0.4) is 0 Å². The first-order valence-corrected chi connectivity index (χ1v) is 13.5. The summed E-state index contributed by atoms with van der Waals surface area (Å²) in [6.45, 7) is 0.122. The molecular weight excluding hydrogens is 482 g/mol. The lowest BCUT2D eigenvalue weighted by Crippen LogP contribution is -2.42. The van der Waals surface area contributed by atoms with Crippen LogP contribution in [0, 0.1) is 0 Å². The minimum atomic E-state index is -0.430. The van der Waals surface area contributed by atoms with Crippen molar-refractivity contribution in [1.29, 1.82) is 0 Å². The molecule has 37 heavy (non-hydrogen) atoms. The number of hydrogen-bond donors (Lipinski definition) is 1. The van der Waals surface area contributed by atoms with Gasteiger partial charge in [0.15, 0.2) is 0 Å². The fourth-order valence-corrected chi connectivity index (χ4v) is 6.68. The van der Waals surface area contributed by atoms with E-state index in [4.69, 9.17) is 0 Å². The van der Waals surface area contributed by atoms with Gasteiger partial charge in [0, 0.05) is 22.5 Å². The van der Waals surface area contributed by atoms with Crippen LogP contribution in [0.25, 0.3) is 21.0 Å². The van der Waals surface area contributed by atoms with Crippen LogP contribution in [-0.4, -0.2) is 15.0 Å². The van der Waals surface area contributed by atoms with E-state index in [0.717, 1.165) is 47.6 Å². The van der Waals surface area contributed by atoms with E-state index in [9.17, 15) is 14.4 Å². The summed E-state index contributed by atoms with van der Waals surface area (Å²) >= 11 is 1.50. The molecule has 0 atom stereocenters. The molecule has 7 heteroatoms. The number of carbonyl (C=O) groups excluding carboxylic acids is 1. The van der Waals surface area contributed by atoms with Gasteiger partial charge >= 0.3 is 5.69 Å². The van der Waals surface area contributed by atoms with Crippen molar-refractivity contribution in [2.24, 2.45) is 0 Å². The van der Waals surface area contributed by atoms with E-state index in [0.29, 0.717) is 22.3 Å². The molecule has 0 aliphatic heterocycles. The Morgan fingerprint density at radius 3 is 2.49 bits per heavy atom. The monoisotopic (exact) mass is 509 g/mol. The molecule has 0 spiro atoms. The number of aromatic nitrogens is 2. The summed E-state index contributed by atoms with van der Waals surface area (Å²) in [4.78, 5) is 42.4. The van der Waals surface area contributed by atoms with E-state index in [2.05, 4.69) is 5.32 Å². The number of rotatable bonds is 6. The number of carbonyl (C=O) groups is 1. The number of nitrogens with one attached hydrogen (secondary N) is 1. The van der Waals surface area contributed by atoms with Crippen molar-refractivity contribution in [2.75, 3.05) is 5.32 Å². The van der Waals surface area contributed by atoms with Gasteiger partial charge in [0.05, 0.1) is 5.39 Å². The number of aryl methyl sites for hydroxylation is 3. The maximum absolute atomic E-state index is 13.7. The lowest BCUT2D eigenvalue weighted by Gasteiger charge is -2.14. The SMILES string of the molecule is O=C(Cn1c(=O)n(CCc2ccccc2)c(=O)c2c3c(sc21)CCCC3)Nc1cccc2ccccc12. The summed E-state index contributed by atoms with van der Waals surface area (Å²) in [5.41, 5.74) is 2.16. The fourth-order valence-electron chi connectivity index (χ4n) is 5.31. The summed E-state index contributed by atoms with van der Waals surface area (Å²) in [5, 5.41) is 5.58. The molecule has 3 aromatic carbocycles. The van der Waals surface area contributed by atoms with Gasteiger partial charge in [-0.25, -0.2) is 4.79 Å². The predicted molar refractivity (Wildman–Crippen MR) is 150 cm³/mol. The molecule has 6 nitrogen and oxygen atoms in total. The maximum atomic E-state index is 13.7. The van der Waals surface area contributed by atoms with E-state index >= 15 is 0 Å². The van der Waals surface area contributed by atoms with Crippen molar-refractivity contribution in [3.8, 4) is 0 Å². The number of hydrogen-bond acceptors (Lipinski definition) is 4. The molecule has 0 unspecified atom stereocenters. The van der Waals surface area contributed by atoms with Crippen LogP contribution in [0.15, 0.2) is 82.4 Å². The van der Waals surface area contributed by atoms with Gasteiger partial charge in [-0.2, -0.15) is 0 Å². The van der Waals surface area contributed by atoms with Crippen molar-refractivity contribution in [1.82, 2.24) is 9.13 Å². The first-order valence-electron chi connectivity index (χ1n) is 12.7. The number of amides is 1. The Balaban J connectivity index is 1.41. The third-order valence-corrected chi connectivity index (χ3v) is 8.47. The highest BCUT2D eigenvalue weighted by Crippen LogP contribution is 2.34. The zero-order valence-corrected chi connectivity index (χ0v) is 21.2. The molecule has 0 fully saturated rings. The summed E-state index contributed by atoms with van der Waals surface area (Å²) in [7, 11) is 0. The summed E-state index contributed by atoms with van der Waals surface area (Å²) in [6.07, 6.45) is 4.42. The Labute approximate surface area is 217 Å². The van der Waals surface area contributed by atoms with Crippen molar-refractivity contribution >= 4 is 43.9 Å². The third kappa shape index (κ3) is 4.40. The van der Waals surface area contributed by atoms with Crippen molar-refractivity contribution in [2.45, 2.75) is 45.2 Å². The van der Waals surface area contributed by atoms with Gasteiger partial charge in [0.2, 0.25) is 5.91 Å². The van der Waals surface area contributed by atoms with E-state index in [1.165, 1.54) is 25.3 Å². The Morgan fingerprint density at radius 1 is 0.865 bits per heavy atom. The molecule has 2 heterocycles. The Morgan fingerprint density at radius 2 is 1.62 bits per heavy atom.